The van der Waals surface area contributed by atoms with Crippen molar-refractivity contribution in [2.24, 2.45) is 0 Å². The van der Waals surface area contributed by atoms with E-state index in [9.17, 15) is 0 Å². The topological polar surface area (TPSA) is 61.0 Å². The number of hydrogen-bond acceptors (Lipinski definition) is 5. The molecule has 2 aromatic heterocycles. The molecule has 0 spiro atoms. The molecule has 0 saturated heterocycles. The summed E-state index contributed by atoms with van der Waals surface area (Å²) >= 11 is 0. The van der Waals surface area contributed by atoms with Gasteiger partial charge in [-0.1, -0.05) is 32.9 Å². The highest BCUT2D eigenvalue weighted by atomic mass is 16.5. The highest BCUT2D eigenvalue weighted by Gasteiger charge is 2.10. The first-order chi connectivity index (χ1) is 9.20. The molecule has 0 amide bonds. The SMILES string of the molecule is CC.CC.COc1cc(-c2nc(C)no2)ncc1C. The van der Waals surface area contributed by atoms with Crippen LogP contribution in [0, 0.1) is 13.8 Å². The number of rotatable bonds is 2. The van der Waals surface area contributed by atoms with Gasteiger partial charge in [0, 0.05) is 17.8 Å². The van der Waals surface area contributed by atoms with Crippen LogP contribution in [0.3, 0.4) is 0 Å². The van der Waals surface area contributed by atoms with E-state index < -0.39 is 0 Å². The predicted octanol–water partition coefficient (Wildman–Crippen LogP) is 3.81. The van der Waals surface area contributed by atoms with Crippen molar-refractivity contribution in [3.05, 3.63) is 23.7 Å². The van der Waals surface area contributed by atoms with Crippen molar-refractivity contribution >= 4 is 0 Å². The largest absolute Gasteiger partial charge is 0.496 e. The Balaban J connectivity index is 0.000000741. The molecule has 0 radical (unpaired) electrons. The van der Waals surface area contributed by atoms with E-state index in [2.05, 4.69) is 15.1 Å². The first-order valence-corrected chi connectivity index (χ1v) is 6.52. The number of ether oxygens (including phenoxy) is 1. The maximum Gasteiger partial charge on any atom is 0.276 e. The Labute approximate surface area is 115 Å². The third kappa shape index (κ3) is 4.69. The maximum absolute atomic E-state index is 5.18. The summed E-state index contributed by atoms with van der Waals surface area (Å²) in [4.78, 5) is 8.28. The lowest BCUT2D eigenvalue weighted by atomic mass is 10.2. The Morgan fingerprint density at radius 3 is 2.21 bits per heavy atom. The van der Waals surface area contributed by atoms with Crippen molar-refractivity contribution in [2.45, 2.75) is 41.5 Å². The lowest BCUT2D eigenvalue weighted by Gasteiger charge is -2.03. The van der Waals surface area contributed by atoms with E-state index in [1.807, 2.05) is 34.6 Å². The van der Waals surface area contributed by atoms with Crippen LogP contribution in [0.15, 0.2) is 16.8 Å². The van der Waals surface area contributed by atoms with Crippen molar-refractivity contribution in [1.29, 1.82) is 0 Å². The fourth-order valence-electron chi connectivity index (χ4n) is 1.24. The monoisotopic (exact) mass is 265 g/mol. The predicted molar refractivity (Wildman–Crippen MR) is 76.3 cm³/mol. The van der Waals surface area contributed by atoms with Crippen LogP contribution in [-0.4, -0.2) is 22.2 Å². The number of pyridine rings is 1. The smallest absolute Gasteiger partial charge is 0.276 e. The molecule has 0 bridgehead atoms. The van der Waals surface area contributed by atoms with Crippen LogP contribution in [0.25, 0.3) is 11.6 Å². The van der Waals surface area contributed by atoms with E-state index >= 15 is 0 Å². The second-order valence-corrected chi connectivity index (χ2v) is 3.19. The Kier molecular flexibility index (Phi) is 8.17. The zero-order valence-corrected chi connectivity index (χ0v) is 12.8. The fourth-order valence-corrected chi connectivity index (χ4v) is 1.24. The zero-order chi connectivity index (χ0) is 14.8. The van der Waals surface area contributed by atoms with Crippen LogP contribution in [0.1, 0.15) is 39.1 Å². The lowest BCUT2D eigenvalue weighted by molar-refractivity contribution is 0.408. The molecule has 2 heterocycles. The Hall–Kier alpha value is -1.91. The molecule has 0 aliphatic carbocycles. The average Bonchev–Trinajstić information content (AvgIpc) is 2.90. The number of aromatic nitrogens is 3. The van der Waals surface area contributed by atoms with Crippen molar-refractivity contribution in [1.82, 2.24) is 15.1 Å². The molecule has 5 nitrogen and oxygen atoms in total. The summed E-state index contributed by atoms with van der Waals surface area (Å²) in [5, 5.41) is 3.70. The molecule has 0 aromatic carbocycles. The number of methoxy groups -OCH3 is 1. The number of nitrogens with zero attached hydrogens (tertiary/aromatic N) is 3. The standard InChI is InChI=1S/C10H11N3O2.2C2H6/c1-6-5-11-8(4-9(6)14-3)10-12-7(2)13-15-10;2*1-2/h4-5H,1-3H3;2*1-2H3. The summed E-state index contributed by atoms with van der Waals surface area (Å²) in [5.74, 6) is 1.76. The van der Waals surface area contributed by atoms with Gasteiger partial charge in [-0.2, -0.15) is 4.98 Å². The summed E-state index contributed by atoms with van der Waals surface area (Å²) in [6.45, 7) is 11.7. The van der Waals surface area contributed by atoms with Gasteiger partial charge < -0.3 is 9.26 Å². The van der Waals surface area contributed by atoms with Crippen molar-refractivity contribution in [3.63, 3.8) is 0 Å². The first-order valence-electron chi connectivity index (χ1n) is 6.52. The van der Waals surface area contributed by atoms with Crippen molar-refractivity contribution in [3.8, 4) is 17.3 Å². The van der Waals surface area contributed by atoms with Crippen LogP contribution < -0.4 is 4.74 Å². The van der Waals surface area contributed by atoms with Gasteiger partial charge in [0.25, 0.3) is 5.89 Å². The van der Waals surface area contributed by atoms with Crippen LogP contribution in [0.4, 0.5) is 0 Å². The summed E-state index contributed by atoms with van der Waals surface area (Å²) in [6.07, 6.45) is 1.72. The van der Waals surface area contributed by atoms with Gasteiger partial charge in [0.1, 0.15) is 11.4 Å². The summed E-state index contributed by atoms with van der Waals surface area (Å²) < 4.78 is 10.2. The molecular formula is C14H23N3O2. The minimum atomic E-state index is 0.408. The Bertz CT molecular complexity index is 481. The van der Waals surface area contributed by atoms with Gasteiger partial charge in [0.05, 0.1) is 7.11 Å². The molecule has 106 valence electrons. The van der Waals surface area contributed by atoms with Gasteiger partial charge in [-0.3, -0.25) is 4.98 Å². The summed E-state index contributed by atoms with van der Waals surface area (Å²) in [7, 11) is 1.62. The van der Waals surface area contributed by atoms with Gasteiger partial charge >= 0.3 is 0 Å². The molecule has 0 atom stereocenters. The van der Waals surface area contributed by atoms with Crippen molar-refractivity contribution < 1.29 is 9.26 Å². The van der Waals surface area contributed by atoms with E-state index in [4.69, 9.17) is 9.26 Å². The van der Waals surface area contributed by atoms with E-state index in [1.165, 1.54) is 0 Å². The second-order valence-electron chi connectivity index (χ2n) is 3.19. The fraction of sp³-hybridized carbons (Fsp3) is 0.500. The van der Waals surface area contributed by atoms with Gasteiger partial charge in [-0.15, -0.1) is 0 Å². The van der Waals surface area contributed by atoms with E-state index in [1.54, 1.807) is 26.3 Å². The number of aryl methyl sites for hydroxylation is 2. The molecule has 2 aromatic rings. The van der Waals surface area contributed by atoms with Crippen LogP contribution in [0.2, 0.25) is 0 Å². The van der Waals surface area contributed by atoms with Gasteiger partial charge in [0.2, 0.25) is 0 Å². The number of hydrogen-bond donors (Lipinski definition) is 0. The third-order valence-electron chi connectivity index (χ3n) is 2.02. The second kappa shape index (κ2) is 9.08. The average molecular weight is 265 g/mol. The minimum Gasteiger partial charge on any atom is -0.496 e. The molecule has 0 aliphatic rings. The molecular weight excluding hydrogens is 242 g/mol. The molecule has 2 rings (SSSR count). The Morgan fingerprint density at radius 1 is 1.11 bits per heavy atom. The first kappa shape index (κ1) is 17.1. The van der Waals surface area contributed by atoms with Gasteiger partial charge in [0.15, 0.2) is 5.82 Å². The maximum atomic E-state index is 5.18. The normalized spacial score (nSPS) is 8.79. The third-order valence-corrected chi connectivity index (χ3v) is 2.02. The van der Waals surface area contributed by atoms with Crippen LogP contribution >= 0.6 is 0 Å². The van der Waals surface area contributed by atoms with E-state index in [0.29, 0.717) is 17.4 Å². The van der Waals surface area contributed by atoms with Gasteiger partial charge in [-0.05, 0) is 13.8 Å². The molecule has 0 unspecified atom stereocenters. The van der Waals surface area contributed by atoms with Crippen molar-refractivity contribution in [2.75, 3.05) is 7.11 Å². The quantitative estimate of drug-likeness (QED) is 0.826. The molecule has 5 heteroatoms. The van der Waals surface area contributed by atoms with Crippen LogP contribution in [-0.2, 0) is 0 Å². The summed E-state index contributed by atoms with van der Waals surface area (Å²) in [5.41, 5.74) is 1.59. The highest BCUT2D eigenvalue weighted by molar-refractivity contribution is 5.51. The summed E-state index contributed by atoms with van der Waals surface area (Å²) in [6, 6.07) is 1.78. The zero-order valence-electron chi connectivity index (χ0n) is 12.8. The molecule has 19 heavy (non-hydrogen) atoms. The molecule has 0 N–H and O–H groups in total. The van der Waals surface area contributed by atoms with Crippen LogP contribution in [0.5, 0.6) is 5.75 Å². The van der Waals surface area contributed by atoms with E-state index in [0.717, 1.165) is 11.3 Å². The van der Waals surface area contributed by atoms with Gasteiger partial charge in [-0.25, -0.2) is 0 Å². The molecule has 0 aliphatic heterocycles. The molecule has 0 saturated carbocycles. The molecule has 0 fully saturated rings. The Morgan fingerprint density at radius 2 is 1.74 bits per heavy atom. The highest BCUT2D eigenvalue weighted by Crippen LogP contribution is 2.22. The van der Waals surface area contributed by atoms with E-state index in [-0.39, 0.29) is 0 Å². The lowest BCUT2D eigenvalue weighted by Crippen LogP contribution is -1.91. The minimum absolute atomic E-state index is 0.408.